The van der Waals surface area contributed by atoms with Gasteiger partial charge in [0.15, 0.2) is 0 Å². The molecule has 1 aliphatic heterocycles. The molecule has 0 saturated carbocycles. The summed E-state index contributed by atoms with van der Waals surface area (Å²) in [6.45, 7) is 5.27. The van der Waals surface area contributed by atoms with Crippen LogP contribution >= 0.6 is 11.6 Å². The second-order valence-corrected chi connectivity index (χ2v) is 6.56. The number of benzene rings is 2. The highest BCUT2D eigenvalue weighted by molar-refractivity contribution is 6.31. The normalized spacial score (nSPS) is 16.5. The summed E-state index contributed by atoms with van der Waals surface area (Å²) in [6.07, 6.45) is 0. The average Bonchev–Trinajstić information content (AvgIpc) is 2.65. The van der Waals surface area contributed by atoms with Crippen molar-refractivity contribution in [2.45, 2.75) is 13.0 Å². The van der Waals surface area contributed by atoms with Gasteiger partial charge in [-0.1, -0.05) is 29.8 Å². The zero-order chi connectivity index (χ0) is 17.8. The minimum atomic E-state index is -0.496. The van der Waals surface area contributed by atoms with E-state index in [1.165, 1.54) is 23.9 Å². The van der Waals surface area contributed by atoms with E-state index >= 15 is 0 Å². The third kappa shape index (κ3) is 4.30. The fourth-order valence-corrected chi connectivity index (χ4v) is 3.17. The maximum Gasteiger partial charge on any atom is 0.241 e. The molecule has 132 valence electrons. The average molecular weight is 362 g/mol. The smallest absolute Gasteiger partial charge is 0.241 e. The Morgan fingerprint density at radius 2 is 1.80 bits per heavy atom. The molecule has 0 aliphatic carbocycles. The van der Waals surface area contributed by atoms with Gasteiger partial charge in [0.1, 0.15) is 5.82 Å². The molecule has 3 rings (SSSR count). The monoisotopic (exact) mass is 361 g/mol. The summed E-state index contributed by atoms with van der Waals surface area (Å²) in [5.74, 6) is -0.611. The molecule has 0 unspecified atom stereocenters. The van der Waals surface area contributed by atoms with E-state index in [0.717, 1.165) is 26.2 Å². The number of hydrogen-bond acceptors (Lipinski definition) is 3. The SMILES string of the molecule is C[C@@H](C(=O)Nc1ccc(F)c(Cl)c1)N1CCN(c2ccccc2)CC1. The molecule has 25 heavy (non-hydrogen) atoms. The van der Waals surface area contributed by atoms with Gasteiger partial charge in [-0.25, -0.2) is 4.39 Å². The Morgan fingerprint density at radius 3 is 2.44 bits per heavy atom. The largest absolute Gasteiger partial charge is 0.369 e. The fourth-order valence-electron chi connectivity index (χ4n) is 2.99. The van der Waals surface area contributed by atoms with Gasteiger partial charge in [-0.3, -0.25) is 9.69 Å². The Kier molecular flexibility index (Phi) is 5.56. The van der Waals surface area contributed by atoms with E-state index in [-0.39, 0.29) is 17.0 Å². The number of anilines is 2. The number of nitrogens with zero attached hydrogens (tertiary/aromatic N) is 2. The molecule has 1 amide bonds. The highest BCUT2D eigenvalue weighted by Gasteiger charge is 2.25. The predicted octanol–water partition coefficient (Wildman–Crippen LogP) is 3.63. The predicted molar refractivity (Wildman–Crippen MR) is 99.7 cm³/mol. The minimum Gasteiger partial charge on any atom is -0.369 e. The Morgan fingerprint density at radius 1 is 1.12 bits per heavy atom. The second kappa shape index (κ2) is 7.85. The number of carbonyl (C=O) groups is 1. The minimum absolute atomic E-state index is 0.00179. The standard InChI is InChI=1S/C19H21ClFN3O/c1-14(19(25)22-15-7-8-18(21)17(20)13-15)23-9-11-24(12-10-23)16-5-3-2-4-6-16/h2-8,13-14H,9-12H2,1H3,(H,22,25)/t14-/m0/s1. The van der Waals surface area contributed by atoms with Crippen LogP contribution in [-0.2, 0) is 4.79 Å². The first-order chi connectivity index (χ1) is 12.0. The highest BCUT2D eigenvalue weighted by Crippen LogP contribution is 2.20. The summed E-state index contributed by atoms with van der Waals surface area (Å²) in [6, 6.07) is 14.2. The lowest BCUT2D eigenvalue weighted by Gasteiger charge is -2.38. The first-order valence-electron chi connectivity index (χ1n) is 8.34. The number of para-hydroxylation sites is 1. The number of rotatable bonds is 4. The van der Waals surface area contributed by atoms with E-state index in [1.54, 1.807) is 0 Å². The first kappa shape index (κ1) is 17.7. The van der Waals surface area contributed by atoms with Crippen LogP contribution in [0.5, 0.6) is 0 Å². The van der Waals surface area contributed by atoms with Crippen LogP contribution in [0.4, 0.5) is 15.8 Å². The van der Waals surface area contributed by atoms with Gasteiger partial charge < -0.3 is 10.2 Å². The van der Waals surface area contributed by atoms with Crippen LogP contribution in [0.2, 0.25) is 5.02 Å². The van der Waals surface area contributed by atoms with Crippen molar-refractivity contribution in [1.29, 1.82) is 0 Å². The summed E-state index contributed by atoms with van der Waals surface area (Å²) < 4.78 is 13.2. The van der Waals surface area contributed by atoms with Crippen molar-refractivity contribution < 1.29 is 9.18 Å². The van der Waals surface area contributed by atoms with Crippen molar-refractivity contribution in [3.63, 3.8) is 0 Å². The number of nitrogens with one attached hydrogen (secondary N) is 1. The molecule has 1 N–H and O–H groups in total. The fraction of sp³-hybridized carbons (Fsp3) is 0.316. The Hall–Kier alpha value is -2.11. The van der Waals surface area contributed by atoms with E-state index in [4.69, 9.17) is 11.6 Å². The Labute approximate surface area is 152 Å². The van der Waals surface area contributed by atoms with Crippen LogP contribution in [-0.4, -0.2) is 43.0 Å². The third-order valence-electron chi connectivity index (χ3n) is 4.55. The van der Waals surface area contributed by atoms with Gasteiger partial charge in [0.2, 0.25) is 5.91 Å². The molecule has 2 aromatic rings. The Balaban J connectivity index is 1.55. The van der Waals surface area contributed by atoms with E-state index in [0.29, 0.717) is 5.69 Å². The molecule has 1 aliphatic rings. The van der Waals surface area contributed by atoms with Crippen LogP contribution < -0.4 is 10.2 Å². The summed E-state index contributed by atoms with van der Waals surface area (Å²) >= 11 is 5.76. The van der Waals surface area contributed by atoms with Gasteiger partial charge in [0.25, 0.3) is 0 Å². The van der Waals surface area contributed by atoms with Gasteiger partial charge in [0.05, 0.1) is 11.1 Å². The van der Waals surface area contributed by atoms with Crippen LogP contribution in [0, 0.1) is 5.82 Å². The molecule has 6 heteroatoms. The summed E-state index contributed by atoms with van der Waals surface area (Å²) in [5.41, 5.74) is 1.71. The molecule has 2 aromatic carbocycles. The molecule has 4 nitrogen and oxygen atoms in total. The molecule has 0 radical (unpaired) electrons. The summed E-state index contributed by atoms with van der Waals surface area (Å²) in [7, 11) is 0. The maximum absolute atomic E-state index is 13.2. The lowest BCUT2D eigenvalue weighted by Crippen LogP contribution is -2.52. The van der Waals surface area contributed by atoms with Gasteiger partial charge in [-0.15, -0.1) is 0 Å². The van der Waals surface area contributed by atoms with Crippen LogP contribution in [0.1, 0.15) is 6.92 Å². The number of piperazine rings is 1. The molecule has 0 aromatic heterocycles. The number of amides is 1. The highest BCUT2D eigenvalue weighted by atomic mass is 35.5. The zero-order valence-electron chi connectivity index (χ0n) is 14.1. The molecule has 1 saturated heterocycles. The van der Waals surface area contributed by atoms with Gasteiger partial charge >= 0.3 is 0 Å². The number of hydrogen-bond donors (Lipinski definition) is 1. The van der Waals surface area contributed by atoms with Crippen molar-refractivity contribution in [2.75, 3.05) is 36.4 Å². The van der Waals surface area contributed by atoms with Crippen LogP contribution in [0.3, 0.4) is 0 Å². The van der Waals surface area contributed by atoms with E-state index < -0.39 is 5.82 Å². The lowest BCUT2D eigenvalue weighted by atomic mass is 10.2. The van der Waals surface area contributed by atoms with Gasteiger partial charge in [0, 0.05) is 37.6 Å². The van der Waals surface area contributed by atoms with Gasteiger partial charge in [-0.2, -0.15) is 0 Å². The van der Waals surface area contributed by atoms with Gasteiger partial charge in [-0.05, 0) is 37.3 Å². The number of halogens is 2. The molecule has 0 spiro atoms. The molecule has 1 fully saturated rings. The van der Waals surface area contributed by atoms with Crippen molar-refractivity contribution in [3.8, 4) is 0 Å². The molecular formula is C19H21ClFN3O. The lowest BCUT2D eigenvalue weighted by molar-refractivity contribution is -0.120. The van der Waals surface area contributed by atoms with Crippen LogP contribution in [0.25, 0.3) is 0 Å². The first-order valence-corrected chi connectivity index (χ1v) is 8.72. The maximum atomic E-state index is 13.2. The number of carbonyl (C=O) groups excluding carboxylic acids is 1. The van der Waals surface area contributed by atoms with Crippen molar-refractivity contribution >= 4 is 28.9 Å². The third-order valence-corrected chi connectivity index (χ3v) is 4.84. The quantitative estimate of drug-likeness (QED) is 0.903. The summed E-state index contributed by atoms with van der Waals surface area (Å²) in [5, 5.41) is 2.81. The molecule has 1 atom stereocenters. The topological polar surface area (TPSA) is 35.6 Å². The van der Waals surface area contributed by atoms with E-state index in [2.05, 4.69) is 27.2 Å². The zero-order valence-corrected chi connectivity index (χ0v) is 14.8. The molecular weight excluding hydrogens is 341 g/mol. The second-order valence-electron chi connectivity index (χ2n) is 6.15. The Bertz CT molecular complexity index is 733. The molecule has 1 heterocycles. The van der Waals surface area contributed by atoms with E-state index in [1.807, 2.05) is 25.1 Å². The van der Waals surface area contributed by atoms with Crippen LogP contribution in [0.15, 0.2) is 48.5 Å². The van der Waals surface area contributed by atoms with E-state index in [9.17, 15) is 9.18 Å². The van der Waals surface area contributed by atoms with Crippen molar-refractivity contribution in [3.05, 3.63) is 59.4 Å². The van der Waals surface area contributed by atoms with Crippen molar-refractivity contribution in [2.24, 2.45) is 0 Å². The molecule has 0 bridgehead atoms. The summed E-state index contributed by atoms with van der Waals surface area (Å²) in [4.78, 5) is 16.9. The van der Waals surface area contributed by atoms with Crippen molar-refractivity contribution in [1.82, 2.24) is 4.90 Å².